The number of carbonyl (C=O) groups excluding carboxylic acids is 1. The van der Waals surface area contributed by atoms with Crippen molar-refractivity contribution in [3.05, 3.63) is 66.0 Å². The maximum atomic E-state index is 12.7. The van der Waals surface area contributed by atoms with Gasteiger partial charge in [0, 0.05) is 7.05 Å². The van der Waals surface area contributed by atoms with E-state index >= 15 is 0 Å². The van der Waals surface area contributed by atoms with Gasteiger partial charge in [-0.05, 0) is 29.8 Å². The van der Waals surface area contributed by atoms with Gasteiger partial charge in [0.25, 0.3) is 0 Å². The Balaban J connectivity index is 1.93. The largest absolute Gasteiger partial charge is 0.289 e. The average Bonchev–Trinajstić information content (AvgIpc) is 2.42. The maximum Gasteiger partial charge on any atom is 0.242 e. The molecule has 1 N–H and O–H groups in total. The third kappa shape index (κ3) is 3.81. The molecule has 0 aliphatic carbocycles. The number of halogens is 1. The van der Waals surface area contributed by atoms with Gasteiger partial charge in [-0.15, -0.1) is 0 Å². The number of hydrogen-bond acceptors (Lipinski definition) is 2. The van der Waals surface area contributed by atoms with Crippen LogP contribution in [0.25, 0.3) is 0 Å². The summed E-state index contributed by atoms with van der Waals surface area (Å²) >= 11 is 0. The molecule has 0 spiro atoms. The number of hydrogen-bond donors (Lipinski definition) is 1. The maximum absolute atomic E-state index is 12.7. The second-order valence-electron chi connectivity index (χ2n) is 4.23. The highest BCUT2D eigenvalue weighted by Gasteiger charge is 2.06. The van der Waals surface area contributed by atoms with Crippen LogP contribution in [-0.2, 0) is 11.2 Å². The van der Waals surface area contributed by atoms with E-state index < -0.39 is 0 Å². The second-order valence-corrected chi connectivity index (χ2v) is 4.23. The van der Waals surface area contributed by atoms with E-state index in [0.29, 0.717) is 0 Å². The molecule has 2 aromatic rings. The van der Waals surface area contributed by atoms with Crippen molar-refractivity contribution in [1.82, 2.24) is 5.43 Å². The first-order valence-electron chi connectivity index (χ1n) is 5.98. The molecule has 98 valence electrons. The summed E-state index contributed by atoms with van der Waals surface area (Å²) in [6, 6.07) is 15.4. The third-order valence-electron chi connectivity index (χ3n) is 2.71. The van der Waals surface area contributed by atoms with Crippen LogP contribution in [0.1, 0.15) is 5.56 Å². The predicted octanol–water partition coefficient (Wildman–Crippen LogP) is 2.54. The van der Waals surface area contributed by atoms with E-state index in [1.807, 2.05) is 30.3 Å². The molecule has 2 aromatic carbocycles. The zero-order valence-corrected chi connectivity index (χ0v) is 10.6. The number of anilines is 1. The molecule has 19 heavy (non-hydrogen) atoms. The number of hydrazine groups is 1. The lowest BCUT2D eigenvalue weighted by molar-refractivity contribution is -0.120. The molecular formula is C15H15FN2O. The van der Waals surface area contributed by atoms with Gasteiger partial charge in [-0.1, -0.05) is 30.3 Å². The molecule has 0 radical (unpaired) electrons. The summed E-state index contributed by atoms with van der Waals surface area (Å²) in [5.74, 6) is -0.441. The summed E-state index contributed by atoms with van der Waals surface area (Å²) in [7, 11) is 1.78. The lowest BCUT2D eigenvalue weighted by atomic mass is 10.1. The minimum Gasteiger partial charge on any atom is -0.289 e. The number of nitrogens with one attached hydrogen (secondary N) is 1. The Morgan fingerprint density at radius 3 is 2.37 bits per heavy atom. The van der Waals surface area contributed by atoms with E-state index in [2.05, 4.69) is 5.43 Å². The fourth-order valence-electron chi connectivity index (χ4n) is 1.73. The van der Waals surface area contributed by atoms with Crippen molar-refractivity contribution in [3.63, 3.8) is 0 Å². The van der Waals surface area contributed by atoms with E-state index in [1.165, 1.54) is 12.1 Å². The molecule has 4 heteroatoms. The van der Waals surface area contributed by atoms with Gasteiger partial charge in [0.2, 0.25) is 5.91 Å². The van der Waals surface area contributed by atoms with E-state index in [1.54, 1.807) is 24.2 Å². The highest BCUT2D eigenvalue weighted by molar-refractivity contribution is 5.80. The van der Waals surface area contributed by atoms with E-state index in [-0.39, 0.29) is 18.1 Å². The van der Waals surface area contributed by atoms with Gasteiger partial charge in [-0.25, -0.2) is 4.39 Å². The van der Waals surface area contributed by atoms with Gasteiger partial charge in [0.15, 0.2) is 0 Å². The lowest BCUT2D eigenvalue weighted by Crippen LogP contribution is -2.40. The Kier molecular flexibility index (Phi) is 4.13. The molecule has 0 aromatic heterocycles. The zero-order chi connectivity index (χ0) is 13.7. The number of rotatable bonds is 4. The summed E-state index contributed by atoms with van der Waals surface area (Å²) in [6.45, 7) is 0. The Morgan fingerprint density at radius 1 is 1.11 bits per heavy atom. The highest BCUT2D eigenvalue weighted by Crippen LogP contribution is 2.09. The fourth-order valence-corrected chi connectivity index (χ4v) is 1.73. The third-order valence-corrected chi connectivity index (χ3v) is 2.71. The first-order chi connectivity index (χ1) is 9.15. The first kappa shape index (κ1) is 13.1. The smallest absolute Gasteiger partial charge is 0.242 e. The fraction of sp³-hybridized carbons (Fsp3) is 0.133. The average molecular weight is 258 g/mol. The molecule has 3 nitrogen and oxygen atoms in total. The number of benzene rings is 2. The summed E-state index contributed by atoms with van der Waals surface area (Å²) in [6.07, 6.45) is 0.220. The summed E-state index contributed by atoms with van der Waals surface area (Å²) < 4.78 is 12.7. The van der Waals surface area contributed by atoms with Crippen molar-refractivity contribution >= 4 is 11.6 Å². The van der Waals surface area contributed by atoms with Crippen LogP contribution >= 0.6 is 0 Å². The molecule has 1 amide bonds. The lowest BCUT2D eigenvalue weighted by Gasteiger charge is -2.20. The molecule has 0 heterocycles. The normalized spacial score (nSPS) is 10.0. The number of carbonyl (C=O) groups is 1. The summed E-state index contributed by atoms with van der Waals surface area (Å²) in [5, 5.41) is 1.66. The van der Waals surface area contributed by atoms with Crippen LogP contribution in [0.2, 0.25) is 0 Å². The van der Waals surface area contributed by atoms with Crippen LogP contribution in [0.3, 0.4) is 0 Å². The molecule has 0 saturated carbocycles. The number of amides is 1. The molecule has 0 unspecified atom stereocenters. The Morgan fingerprint density at radius 2 is 1.74 bits per heavy atom. The highest BCUT2D eigenvalue weighted by atomic mass is 19.1. The van der Waals surface area contributed by atoms with E-state index in [0.717, 1.165) is 11.3 Å². The predicted molar refractivity (Wildman–Crippen MR) is 73.1 cm³/mol. The SMILES string of the molecule is CN(NC(=O)Cc1ccc(F)cc1)c1ccccc1. The molecule has 0 atom stereocenters. The second kappa shape index (κ2) is 6.00. The van der Waals surface area contributed by atoms with Gasteiger partial charge >= 0.3 is 0 Å². The topological polar surface area (TPSA) is 32.3 Å². The van der Waals surface area contributed by atoms with Crippen molar-refractivity contribution < 1.29 is 9.18 Å². The first-order valence-corrected chi connectivity index (χ1v) is 5.98. The molecule has 0 bridgehead atoms. The standard InChI is InChI=1S/C15H15FN2O/c1-18(14-5-3-2-4-6-14)17-15(19)11-12-7-9-13(16)10-8-12/h2-10H,11H2,1H3,(H,17,19). The molecule has 0 fully saturated rings. The van der Waals surface area contributed by atoms with Crippen molar-refractivity contribution in [3.8, 4) is 0 Å². The van der Waals surface area contributed by atoms with Crippen LogP contribution in [0.5, 0.6) is 0 Å². The van der Waals surface area contributed by atoms with Crippen LogP contribution in [0, 0.1) is 5.82 Å². The Labute approximate surface area is 111 Å². The van der Waals surface area contributed by atoms with Crippen LogP contribution in [0.4, 0.5) is 10.1 Å². The monoisotopic (exact) mass is 258 g/mol. The van der Waals surface area contributed by atoms with Crippen molar-refractivity contribution in [2.45, 2.75) is 6.42 Å². The quantitative estimate of drug-likeness (QED) is 0.855. The Hall–Kier alpha value is -2.36. The van der Waals surface area contributed by atoms with Gasteiger partial charge in [0.1, 0.15) is 5.82 Å². The van der Waals surface area contributed by atoms with Crippen LogP contribution in [-0.4, -0.2) is 13.0 Å². The summed E-state index contributed by atoms with van der Waals surface area (Å²) in [5.41, 5.74) is 4.44. The number of nitrogens with zero attached hydrogens (tertiary/aromatic N) is 1. The van der Waals surface area contributed by atoms with Gasteiger partial charge in [-0.2, -0.15) is 0 Å². The molecule has 2 rings (SSSR count). The molecule has 0 aliphatic heterocycles. The van der Waals surface area contributed by atoms with E-state index in [4.69, 9.17) is 0 Å². The molecular weight excluding hydrogens is 243 g/mol. The summed E-state index contributed by atoms with van der Waals surface area (Å²) in [4.78, 5) is 11.8. The van der Waals surface area contributed by atoms with Gasteiger partial charge in [-0.3, -0.25) is 15.2 Å². The van der Waals surface area contributed by atoms with Crippen LogP contribution in [0.15, 0.2) is 54.6 Å². The zero-order valence-electron chi connectivity index (χ0n) is 10.6. The van der Waals surface area contributed by atoms with E-state index in [9.17, 15) is 9.18 Å². The minimum absolute atomic E-state index is 0.141. The number of para-hydroxylation sites is 1. The molecule has 0 aliphatic rings. The van der Waals surface area contributed by atoms with Crippen molar-refractivity contribution in [1.29, 1.82) is 0 Å². The minimum atomic E-state index is -0.300. The molecule has 0 saturated heterocycles. The van der Waals surface area contributed by atoms with Gasteiger partial charge < -0.3 is 0 Å². The van der Waals surface area contributed by atoms with Crippen molar-refractivity contribution in [2.75, 3.05) is 12.1 Å². The van der Waals surface area contributed by atoms with Crippen LogP contribution < -0.4 is 10.4 Å². The van der Waals surface area contributed by atoms with Crippen molar-refractivity contribution in [2.24, 2.45) is 0 Å². The Bertz CT molecular complexity index is 540. The van der Waals surface area contributed by atoms with Gasteiger partial charge in [0.05, 0.1) is 12.1 Å².